The summed E-state index contributed by atoms with van der Waals surface area (Å²) >= 11 is 5.92. The number of hydrogen-bond donors (Lipinski definition) is 1. The number of phenols is 1. The van der Waals surface area contributed by atoms with Crippen LogP contribution in [0.4, 0.5) is 5.69 Å². The zero-order valence-corrected chi connectivity index (χ0v) is 13.0. The molecule has 0 aliphatic heterocycles. The number of anilines is 1. The second-order valence-corrected chi connectivity index (χ2v) is 5.08. The summed E-state index contributed by atoms with van der Waals surface area (Å²) in [4.78, 5) is 13.6. The molecule has 0 saturated carbocycles. The number of halogens is 1. The molecule has 0 spiro atoms. The molecule has 4 nitrogen and oxygen atoms in total. The molecule has 22 heavy (non-hydrogen) atoms. The van der Waals surface area contributed by atoms with E-state index < -0.39 is 0 Å². The number of rotatable bonds is 4. The van der Waals surface area contributed by atoms with Crippen molar-refractivity contribution >= 4 is 29.3 Å². The van der Waals surface area contributed by atoms with E-state index in [4.69, 9.17) is 16.3 Å². The van der Waals surface area contributed by atoms with E-state index in [1.165, 1.54) is 24.2 Å². The van der Waals surface area contributed by atoms with Crippen LogP contribution in [0.25, 0.3) is 6.08 Å². The topological polar surface area (TPSA) is 49.8 Å². The molecule has 0 aromatic heterocycles. The Morgan fingerprint density at radius 3 is 2.68 bits per heavy atom. The predicted octanol–water partition coefficient (Wildman–Crippen LogP) is 3.73. The minimum Gasteiger partial charge on any atom is -0.504 e. The highest BCUT2D eigenvalue weighted by Gasteiger charge is 2.08. The third-order valence-corrected chi connectivity index (χ3v) is 3.38. The number of carbonyl (C=O) groups is 1. The van der Waals surface area contributed by atoms with Gasteiger partial charge in [-0.25, -0.2) is 0 Å². The molecule has 0 atom stereocenters. The molecule has 0 saturated heterocycles. The number of methoxy groups -OCH3 is 1. The van der Waals surface area contributed by atoms with Crippen molar-refractivity contribution in [2.24, 2.45) is 0 Å². The first-order valence-corrected chi connectivity index (χ1v) is 6.97. The van der Waals surface area contributed by atoms with E-state index >= 15 is 0 Å². The molecule has 0 unspecified atom stereocenters. The van der Waals surface area contributed by atoms with Crippen LogP contribution < -0.4 is 9.64 Å². The van der Waals surface area contributed by atoms with Gasteiger partial charge in [-0.15, -0.1) is 0 Å². The Kier molecular flexibility index (Phi) is 5.07. The van der Waals surface area contributed by atoms with Crippen LogP contribution in [0, 0.1) is 0 Å². The number of amides is 1. The molecule has 2 aromatic rings. The summed E-state index contributed by atoms with van der Waals surface area (Å²) in [5.41, 5.74) is 1.41. The van der Waals surface area contributed by atoms with Crippen LogP contribution in [0.15, 0.2) is 48.5 Å². The highest BCUT2D eigenvalue weighted by molar-refractivity contribution is 6.31. The van der Waals surface area contributed by atoms with Crippen LogP contribution in [0.2, 0.25) is 5.02 Å². The minimum absolute atomic E-state index is 0.0281. The highest BCUT2D eigenvalue weighted by atomic mass is 35.5. The maximum absolute atomic E-state index is 12.1. The van der Waals surface area contributed by atoms with Gasteiger partial charge in [-0.05, 0) is 42.0 Å². The summed E-state index contributed by atoms with van der Waals surface area (Å²) in [6.45, 7) is 0. The molecule has 0 aliphatic carbocycles. The molecule has 1 N–H and O–H groups in total. The first-order chi connectivity index (χ1) is 10.5. The molecule has 114 valence electrons. The summed E-state index contributed by atoms with van der Waals surface area (Å²) in [6, 6.07) is 12.0. The van der Waals surface area contributed by atoms with Gasteiger partial charge in [0.15, 0.2) is 11.5 Å². The number of hydrogen-bond acceptors (Lipinski definition) is 3. The van der Waals surface area contributed by atoms with E-state index in [1.54, 1.807) is 49.5 Å². The van der Waals surface area contributed by atoms with E-state index in [0.717, 1.165) is 0 Å². The van der Waals surface area contributed by atoms with Gasteiger partial charge in [0.2, 0.25) is 0 Å². The third-order valence-electron chi connectivity index (χ3n) is 3.15. The normalized spacial score (nSPS) is 10.7. The van der Waals surface area contributed by atoms with Crippen molar-refractivity contribution in [3.8, 4) is 11.5 Å². The van der Waals surface area contributed by atoms with Crippen LogP contribution in [0.1, 0.15) is 5.56 Å². The molecular formula is C17H16ClNO3. The van der Waals surface area contributed by atoms with E-state index in [-0.39, 0.29) is 11.7 Å². The van der Waals surface area contributed by atoms with Crippen LogP contribution in [0.3, 0.4) is 0 Å². The maximum atomic E-state index is 12.1. The van der Waals surface area contributed by atoms with Gasteiger partial charge in [-0.1, -0.05) is 23.7 Å². The number of benzene rings is 2. The molecule has 1 amide bonds. The first-order valence-electron chi connectivity index (χ1n) is 6.59. The Morgan fingerprint density at radius 1 is 1.27 bits per heavy atom. The van der Waals surface area contributed by atoms with Crippen molar-refractivity contribution in [3.63, 3.8) is 0 Å². The minimum atomic E-state index is -0.197. The average Bonchev–Trinajstić information content (AvgIpc) is 2.52. The molecule has 0 aliphatic rings. The fourth-order valence-electron chi connectivity index (χ4n) is 1.90. The second-order valence-electron chi connectivity index (χ2n) is 4.64. The van der Waals surface area contributed by atoms with Gasteiger partial charge in [-0.3, -0.25) is 4.79 Å². The lowest BCUT2D eigenvalue weighted by Gasteiger charge is -2.15. The van der Waals surface area contributed by atoms with Crippen molar-refractivity contribution in [2.75, 3.05) is 19.1 Å². The van der Waals surface area contributed by atoms with Gasteiger partial charge in [0.25, 0.3) is 5.91 Å². The Labute approximate surface area is 134 Å². The average molecular weight is 318 g/mol. The fourth-order valence-corrected chi connectivity index (χ4v) is 2.09. The number of nitrogens with zero attached hydrogens (tertiary/aromatic N) is 1. The monoisotopic (exact) mass is 317 g/mol. The molecule has 0 heterocycles. The largest absolute Gasteiger partial charge is 0.504 e. The van der Waals surface area contributed by atoms with Gasteiger partial charge >= 0.3 is 0 Å². The third kappa shape index (κ3) is 3.80. The zero-order valence-electron chi connectivity index (χ0n) is 12.3. The number of ether oxygens (including phenoxy) is 1. The summed E-state index contributed by atoms with van der Waals surface area (Å²) < 4.78 is 4.97. The van der Waals surface area contributed by atoms with Gasteiger partial charge < -0.3 is 14.7 Å². The summed E-state index contributed by atoms with van der Waals surface area (Å²) in [5, 5.41) is 10.3. The second kappa shape index (κ2) is 7.00. The Morgan fingerprint density at radius 2 is 2.05 bits per heavy atom. The molecule has 0 radical (unpaired) electrons. The van der Waals surface area contributed by atoms with Crippen molar-refractivity contribution < 1.29 is 14.6 Å². The van der Waals surface area contributed by atoms with Crippen molar-refractivity contribution in [1.82, 2.24) is 0 Å². The Balaban J connectivity index is 2.12. The van der Waals surface area contributed by atoms with E-state index in [9.17, 15) is 9.90 Å². The molecule has 0 fully saturated rings. The number of carbonyl (C=O) groups excluding carboxylic acids is 1. The maximum Gasteiger partial charge on any atom is 0.250 e. The van der Waals surface area contributed by atoms with Crippen LogP contribution in [-0.2, 0) is 4.79 Å². The van der Waals surface area contributed by atoms with Crippen molar-refractivity contribution in [3.05, 3.63) is 59.1 Å². The van der Waals surface area contributed by atoms with Gasteiger partial charge in [0, 0.05) is 23.8 Å². The van der Waals surface area contributed by atoms with Crippen molar-refractivity contribution in [1.29, 1.82) is 0 Å². The molecule has 0 bridgehead atoms. The summed E-state index contributed by atoms with van der Waals surface area (Å²) in [6.07, 6.45) is 3.06. The van der Waals surface area contributed by atoms with Crippen LogP contribution in [-0.4, -0.2) is 25.2 Å². The highest BCUT2D eigenvalue weighted by Crippen LogP contribution is 2.26. The molecule has 5 heteroatoms. The molecule has 2 aromatic carbocycles. The van der Waals surface area contributed by atoms with E-state index in [2.05, 4.69) is 0 Å². The van der Waals surface area contributed by atoms with E-state index in [0.29, 0.717) is 22.0 Å². The molecular weight excluding hydrogens is 302 g/mol. The lowest BCUT2D eigenvalue weighted by molar-refractivity contribution is -0.113. The Bertz CT molecular complexity index is 713. The number of phenolic OH excluding ortho intramolecular Hbond substituents is 1. The van der Waals surface area contributed by atoms with Crippen LogP contribution >= 0.6 is 11.6 Å². The SMILES string of the molecule is COc1ccc(/C=C/C(=O)N(C)c2cccc(Cl)c2)cc1O. The van der Waals surface area contributed by atoms with Crippen molar-refractivity contribution in [2.45, 2.75) is 0 Å². The summed E-state index contributed by atoms with van der Waals surface area (Å²) in [5.74, 6) is 0.220. The fraction of sp³-hybridized carbons (Fsp3) is 0.118. The number of aromatic hydroxyl groups is 1. The quantitative estimate of drug-likeness (QED) is 0.874. The zero-order chi connectivity index (χ0) is 16.1. The van der Waals surface area contributed by atoms with Gasteiger partial charge in [-0.2, -0.15) is 0 Å². The lowest BCUT2D eigenvalue weighted by atomic mass is 10.2. The molecule has 2 rings (SSSR count). The van der Waals surface area contributed by atoms with Crippen LogP contribution in [0.5, 0.6) is 11.5 Å². The smallest absolute Gasteiger partial charge is 0.250 e. The predicted molar refractivity (Wildman–Crippen MR) is 88.6 cm³/mol. The lowest BCUT2D eigenvalue weighted by Crippen LogP contribution is -2.23. The summed E-state index contributed by atoms with van der Waals surface area (Å²) in [7, 11) is 3.15. The van der Waals surface area contributed by atoms with Gasteiger partial charge in [0.1, 0.15) is 0 Å². The standard InChI is InChI=1S/C17H16ClNO3/c1-19(14-5-3-4-13(18)11-14)17(21)9-7-12-6-8-16(22-2)15(20)10-12/h3-11,20H,1-2H3/b9-7+. The van der Waals surface area contributed by atoms with Gasteiger partial charge in [0.05, 0.1) is 7.11 Å². The Hall–Kier alpha value is -2.46. The van der Waals surface area contributed by atoms with E-state index in [1.807, 2.05) is 0 Å². The number of likely N-dealkylation sites (N-methyl/N-ethyl adjacent to an activating group) is 1. The first kappa shape index (κ1) is 15.9.